The minimum absolute atomic E-state index is 0.0192. The van der Waals surface area contributed by atoms with Gasteiger partial charge in [-0.25, -0.2) is 0 Å². The molecule has 0 fully saturated rings. The average Bonchev–Trinajstić information content (AvgIpc) is 2.65. The Hall–Kier alpha value is -1.96. The van der Waals surface area contributed by atoms with E-state index >= 15 is 0 Å². The van der Waals surface area contributed by atoms with E-state index in [4.69, 9.17) is 4.74 Å². The molecule has 1 N–H and O–H groups in total. The highest BCUT2D eigenvalue weighted by molar-refractivity contribution is 5.47. The first kappa shape index (κ1) is 21.3. The molecule has 0 bridgehead atoms. The maximum atomic E-state index is 10.0. The lowest BCUT2D eigenvalue weighted by molar-refractivity contribution is 0.307. The van der Waals surface area contributed by atoms with Crippen molar-refractivity contribution in [3.05, 3.63) is 58.7 Å². The zero-order chi connectivity index (χ0) is 19.9. The van der Waals surface area contributed by atoms with E-state index in [0.29, 0.717) is 5.75 Å². The van der Waals surface area contributed by atoms with Gasteiger partial charge in [0, 0.05) is 5.41 Å². The third kappa shape index (κ3) is 4.86. The minimum Gasteiger partial charge on any atom is -0.508 e. The maximum absolute atomic E-state index is 10.0. The Balaban J connectivity index is 2.49. The smallest absolute Gasteiger partial charge is 0.122 e. The summed E-state index contributed by atoms with van der Waals surface area (Å²) in [6.07, 6.45) is 6.67. The van der Waals surface area contributed by atoms with Gasteiger partial charge in [0.05, 0.1) is 6.61 Å². The zero-order valence-corrected chi connectivity index (χ0v) is 17.8. The van der Waals surface area contributed by atoms with Crippen molar-refractivity contribution >= 4 is 0 Å². The van der Waals surface area contributed by atoms with Crippen molar-refractivity contribution in [1.82, 2.24) is 0 Å². The molecule has 2 aromatic carbocycles. The Morgan fingerprint density at radius 1 is 0.815 bits per heavy atom. The SMILES string of the molecule is CCCCOc1ccc(C(CCC)(CCC)c2ccc(O)c(C)c2)cc1C. The van der Waals surface area contributed by atoms with Crippen LogP contribution in [-0.2, 0) is 5.41 Å². The number of aryl methyl sites for hydroxylation is 2. The Morgan fingerprint density at radius 2 is 1.41 bits per heavy atom. The number of hydrogen-bond acceptors (Lipinski definition) is 2. The fourth-order valence-electron chi connectivity index (χ4n) is 4.11. The number of rotatable bonds is 10. The summed E-state index contributed by atoms with van der Waals surface area (Å²) in [6, 6.07) is 12.8. The summed E-state index contributed by atoms with van der Waals surface area (Å²) in [5, 5.41) is 10.0. The summed E-state index contributed by atoms with van der Waals surface area (Å²) in [5.41, 5.74) is 4.79. The van der Waals surface area contributed by atoms with Crippen molar-refractivity contribution in [3.8, 4) is 11.5 Å². The molecule has 2 aromatic rings. The molecule has 0 spiro atoms. The Bertz CT molecular complexity index is 727. The lowest BCUT2D eigenvalue weighted by atomic mass is 9.68. The van der Waals surface area contributed by atoms with Crippen LogP contribution < -0.4 is 4.74 Å². The van der Waals surface area contributed by atoms with Crippen molar-refractivity contribution in [3.63, 3.8) is 0 Å². The molecule has 0 heterocycles. The normalized spacial score (nSPS) is 11.6. The topological polar surface area (TPSA) is 29.5 Å². The van der Waals surface area contributed by atoms with Gasteiger partial charge in [-0.15, -0.1) is 0 Å². The second kappa shape index (κ2) is 9.82. The van der Waals surface area contributed by atoms with Crippen LogP contribution in [0.1, 0.15) is 81.5 Å². The Kier molecular flexibility index (Phi) is 7.77. The second-order valence-corrected chi connectivity index (χ2v) is 7.77. The fraction of sp³-hybridized carbons (Fsp3) is 0.520. The van der Waals surface area contributed by atoms with E-state index in [1.807, 2.05) is 13.0 Å². The monoisotopic (exact) mass is 368 g/mol. The predicted molar refractivity (Wildman–Crippen MR) is 115 cm³/mol. The van der Waals surface area contributed by atoms with Crippen LogP contribution in [0.2, 0.25) is 0 Å². The lowest BCUT2D eigenvalue weighted by Gasteiger charge is -2.36. The third-order valence-corrected chi connectivity index (χ3v) is 5.59. The van der Waals surface area contributed by atoms with Crippen LogP contribution in [0.4, 0.5) is 0 Å². The van der Waals surface area contributed by atoms with Gasteiger partial charge in [-0.3, -0.25) is 0 Å². The molecule has 2 rings (SSSR count). The molecule has 27 heavy (non-hydrogen) atoms. The Labute approximate surface area is 165 Å². The average molecular weight is 369 g/mol. The first-order valence-electron chi connectivity index (χ1n) is 10.5. The zero-order valence-electron chi connectivity index (χ0n) is 17.8. The highest BCUT2D eigenvalue weighted by atomic mass is 16.5. The van der Waals surface area contributed by atoms with Gasteiger partial charge < -0.3 is 9.84 Å². The first-order chi connectivity index (χ1) is 13.0. The van der Waals surface area contributed by atoms with Gasteiger partial charge >= 0.3 is 0 Å². The molecular formula is C25H36O2. The molecule has 148 valence electrons. The van der Waals surface area contributed by atoms with Gasteiger partial charge in [0.15, 0.2) is 0 Å². The number of unbranched alkanes of at least 4 members (excludes halogenated alkanes) is 1. The molecule has 0 amide bonds. The van der Waals surface area contributed by atoms with Gasteiger partial charge in [-0.05, 0) is 67.5 Å². The first-order valence-corrected chi connectivity index (χ1v) is 10.5. The third-order valence-electron chi connectivity index (χ3n) is 5.59. The van der Waals surface area contributed by atoms with Crippen molar-refractivity contribution in [2.45, 2.75) is 78.6 Å². The predicted octanol–water partition coefficient (Wildman–Crippen LogP) is 7.07. The van der Waals surface area contributed by atoms with Crippen molar-refractivity contribution in [2.75, 3.05) is 6.61 Å². The highest BCUT2D eigenvalue weighted by Crippen LogP contribution is 2.43. The molecule has 2 heteroatoms. The lowest BCUT2D eigenvalue weighted by Crippen LogP contribution is -2.28. The van der Waals surface area contributed by atoms with E-state index in [2.05, 4.69) is 58.0 Å². The number of benzene rings is 2. The summed E-state index contributed by atoms with van der Waals surface area (Å²) < 4.78 is 5.97. The van der Waals surface area contributed by atoms with E-state index in [-0.39, 0.29) is 5.41 Å². The van der Waals surface area contributed by atoms with Crippen LogP contribution in [0.25, 0.3) is 0 Å². The van der Waals surface area contributed by atoms with Crippen LogP contribution in [0, 0.1) is 13.8 Å². The van der Waals surface area contributed by atoms with Crippen molar-refractivity contribution in [1.29, 1.82) is 0 Å². The number of hydrogen-bond donors (Lipinski definition) is 1. The molecule has 0 aliphatic rings. The quantitative estimate of drug-likeness (QED) is 0.454. The summed E-state index contributed by atoms with van der Waals surface area (Å²) in [4.78, 5) is 0. The molecule has 0 saturated carbocycles. The van der Waals surface area contributed by atoms with E-state index in [1.165, 1.54) is 16.7 Å². The van der Waals surface area contributed by atoms with Crippen LogP contribution in [-0.4, -0.2) is 11.7 Å². The van der Waals surface area contributed by atoms with Gasteiger partial charge in [0.1, 0.15) is 11.5 Å². The van der Waals surface area contributed by atoms with Crippen molar-refractivity contribution in [2.24, 2.45) is 0 Å². The summed E-state index contributed by atoms with van der Waals surface area (Å²) in [7, 11) is 0. The van der Waals surface area contributed by atoms with E-state index in [1.54, 1.807) is 0 Å². The maximum Gasteiger partial charge on any atom is 0.122 e. The second-order valence-electron chi connectivity index (χ2n) is 7.77. The fourth-order valence-corrected chi connectivity index (χ4v) is 4.11. The van der Waals surface area contributed by atoms with Crippen molar-refractivity contribution < 1.29 is 9.84 Å². The van der Waals surface area contributed by atoms with Gasteiger partial charge in [-0.1, -0.05) is 64.3 Å². The van der Waals surface area contributed by atoms with Gasteiger partial charge in [-0.2, -0.15) is 0 Å². The number of phenolic OH excluding ortho intramolecular Hbond substituents is 1. The molecule has 0 unspecified atom stereocenters. The summed E-state index contributed by atoms with van der Waals surface area (Å²) in [6.45, 7) is 11.6. The van der Waals surface area contributed by atoms with Crippen LogP contribution >= 0.6 is 0 Å². The minimum atomic E-state index is -0.0192. The van der Waals surface area contributed by atoms with Gasteiger partial charge in [0.2, 0.25) is 0 Å². The summed E-state index contributed by atoms with van der Waals surface area (Å²) >= 11 is 0. The molecule has 0 aromatic heterocycles. The number of aromatic hydroxyl groups is 1. The standard InChI is InChI=1S/C25H36O2/c1-6-9-16-27-24-13-11-22(18-20(24)5)25(14-7-2,15-8-3)21-10-12-23(26)19(4)17-21/h10-13,17-18,26H,6-9,14-16H2,1-5H3. The molecule has 0 aliphatic heterocycles. The van der Waals surface area contributed by atoms with Crippen LogP contribution in [0.5, 0.6) is 11.5 Å². The molecule has 0 saturated heterocycles. The molecular weight excluding hydrogens is 332 g/mol. The number of phenols is 1. The highest BCUT2D eigenvalue weighted by Gasteiger charge is 2.33. The van der Waals surface area contributed by atoms with E-state index in [0.717, 1.165) is 56.4 Å². The largest absolute Gasteiger partial charge is 0.508 e. The summed E-state index contributed by atoms with van der Waals surface area (Å²) in [5.74, 6) is 1.37. The molecule has 0 aliphatic carbocycles. The van der Waals surface area contributed by atoms with E-state index in [9.17, 15) is 5.11 Å². The van der Waals surface area contributed by atoms with Crippen LogP contribution in [0.15, 0.2) is 36.4 Å². The number of ether oxygens (including phenoxy) is 1. The molecule has 2 nitrogen and oxygen atoms in total. The van der Waals surface area contributed by atoms with E-state index < -0.39 is 0 Å². The van der Waals surface area contributed by atoms with Crippen LogP contribution in [0.3, 0.4) is 0 Å². The molecule has 0 radical (unpaired) electrons. The Morgan fingerprint density at radius 3 is 1.93 bits per heavy atom. The van der Waals surface area contributed by atoms with Gasteiger partial charge in [0.25, 0.3) is 0 Å². The molecule has 0 atom stereocenters.